The molecule has 0 aromatic rings. The molecule has 4 nitrogen and oxygen atoms in total. The van der Waals surface area contributed by atoms with Gasteiger partial charge in [0, 0.05) is 26.4 Å². The van der Waals surface area contributed by atoms with E-state index in [1.54, 1.807) is 7.11 Å². The predicted molar refractivity (Wildman–Crippen MR) is 65.0 cm³/mol. The van der Waals surface area contributed by atoms with E-state index < -0.39 is 0 Å². The number of nitrogens with one attached hydrogen (secondary N) is 1. The van der Waals surface area contributed by atoms with E-state index in [1.165, 1.54) is 19.3 Å². The van der Waals surface area contributed by atoms with Crippen molar-refractivity contribution in [1.29, 1.82) is 0 Å². The summed E-state index contributed by atoms with van der Waals surface area (Å²) in [6.45, 7) is 3.72. The summed E-state index contributed by atoms with van der Waals surface area (Å²) in [7, 11) is 1.74. The zero-order valence-electron chi connectivity index (χ0n) is 10.6. The van der Waals surface area contributed by atoms with Crippen LogP contribution in [0.4, 0.5) is 0 Å². The Hall–Kier alpha value is -0.160. The quantitative estimate of drug-likeness (QED) is 0.357. The van der Waals surface area contributed by atoms with Crippen LogP contribution in [0, 0.1) is 5.92 Å². The van der Waals surface area contributed by atoms with Crippen LogP contribution in [0.3, 0.4) is 0 Å². The van der Waals surface area contributed by atoms with Crippen LogP contribution in [0.15, 0.2) is 0 Å². The van der Waals surface area contributed by atoms with Crippen LogP contribution < -0.4 is 11.3 Å². The van der Waals surface area contributed by atoms with E-state index in [1.807, 2.05) is 0 Å². The van der Waals surface area contributed by atoms with Gasteiger partial charge in [-0.3, -0.25) is 11.3 Å². The average Bonchev–Trinajstić information content (AvgIpc) is 2.24. The van der Waals surface area contributed by atoms with E-state index in [4.69, 9.17) is 15.3 Å². The molecule has 96 valence electrons. The molecule has 0 aliphatic heterocycles. The molecule has 0 aromatic carbocycles. The highest BCUT2D eigenvalue weighted by Crippen LogP contribution is 2.34. The molecule has 1 aliphatic carbocycles. The summed E-state index contributed by atoms with van der Waals surface area (Å²) in [5.41, 5.74) is 2.91. The lowest BCUT2D eigenvalue weighted by Gasteiger charge is -2.36. The highest BCUT2D eigenvalue weighted by molar-refractivity contribution is 4.83. The maximum atomic E-state index is 5.55. The molecule has 1 atom stereocenters. The van der Waals surface area contributed by atoms with Gasteiger partial charge >= 0.3 is 0 Å². The molecular formula is C12H26N2O2. The van der Waals surface area contributed by atoms with Crippen molar-refractivity contribution in [1.82, 2.24) is 5.43 Å². The smallest absolute Gasteiger partial charge is 0.0580 e. The van der Waals surface area contributed by atoms with E-state index >= 15 is 0 Å². The normalized spacial score (nSPS) is 26.4. The molecule has 3 N–H and O–H groups in total. The highest BCUT2D eigenvalue weighted by Gasteiger charge is 2.30. The predicted octanol–water partition coefficient (Wildman–Crippen LogP) is 1.45. The van der Waals surface area contributed by atoms with E-state index in [2.05, 4.69) is 12.3 Å². The molecule has 0 aromatic heterocycles. The number of nitrogens with two attached hydrogens (primary N) is 1. The fourth-order valence-corrected chi connectivity index (χ4v) is 2.38. The average molecular weight is 230 g/mol. The van der Waals surface area contributed by atoms with Gasteiger partial charge in [-0.05, 0) is 44.9 Å². The van der Waals surface area contributed by atoms with Gasteiger partial charge in [0.25, 0.3) is 0 Å². The molecule has 0 heterocycles. The molecule has 1 saturated carbocycles. The summed E-state index contributed by atoms with van der Waals surface area (Å²) in [6.07, 6.45) is 6.26. The first-order valence-electron chi connectivity index (χ1n) is 6.36. The standard InChI is InChI=1S/C12H26N2O2/c1-3-16-12-8-10(9-12)7-11(14-13)5-4-6-15-2/h10-12,14H,3-9,13H2,1-2H3. The molecule has 0 amide bonds. The number of hydrogen-bond donors (Lipinski definition) is 2. The number of ether oxygens (including phenoxy) is 2. The lowest BCUT2D eigenvalue weighted by molar-refractivity contribution is -0.0294. The molecule has 1 rings (SSSR count). The number of rotatable bonds is 9. The Kier molecular flexibility index (Phi) is 6.96. The third-order valence-electron chi connectivity index (χ3n) is 3.35. The molecular weight excluding hydrogens is 204 g/mol. The van der Waals surface area contributed by atoms with Crippen LogP contribution in [-0.2, 0) is 9.47 Å². The maximum Gasteiger partial charge on any atom is 0.0580 e. The third-order valence-corrected chi connectivity index (χ3v) is 3.35. The third kappa shape index (κ3) is 4.78. The van der Waals surface area contributed by atoms with Crippen molar-refractivity contribution in [3.8, 4) is 0 Å². The van der Waals surface area contributed by atoms with Gasteiger partial charge in [0.15, 0.2) is 0 Å². The Bertz CT molecular complexity index is 172. The molecule has 1 fully saturated rings. The second-order valence-corrected chi connectivity index (χ2v) is 4.65. The Morgan fingerprint density at radius 2 is 2.19 bits per heavy atom. The van der Waals surface area contributed by atoms with Crippen molar-refractivity contribution < 1.29 is 9.47 Å². The van der Waals surface area contributed by atoms with Gasteiger partial charge in [0.2, 0.25) is 0 Å². The summed E-state index contributed by atoms with van der Waals surface area (Å²) in [6, 6.07) is 0.433. The van der Waals surface area contributed by atoms with Crippen LogP contribution in [0.5, 0.6) is 0 Å². The molecule has 0 spiro atoms. The van der Waals surface area contributed by atoms with E-state index in [-0.39, 0.29) is 0 Å². The molecule has 0 saturated heterocycles. The fourth-order valence-electron chi connectivity index (χ4n) is 2.38. The zero-order valence-corrected chi connectivity index (χ0v) is 10.6. The van der Waals surface area contributed by atoms with Gasteiger partial charge in [0.1, 0.15) is 0 Å². The van der Waals surface area contributed by atoms with Crippen molar-refractivity contribution in [3.63, 3.8) is 0 Å². The monoisotopic (exact) mass is 230 g/mol. The molecule has 1 unspecified atom stereocenters. The summed E-state index contributed by atoms with van der Waals surface area (Å²) in [4.78, 5) is 0. The minimum atomic E-state index is 0.433. The van der Waals surface area contributed by atoms with Crippen molar-refractivity contribution in [3.05, 3.63) is 0 Å². The number of methoxy groups -OCH3 is 1. The van der Waals surface area contributed by atoms with Gasteiger partial charge < -0.3 is 9.47 Å². The van der Waals surface area contributed by atoms with Gasteiger partial charge in [-0.15, -0.1) is 0 Å². The van der Waals surface area contributed by atoms with Gasteiger partial charge in [-0.1, -0.05) is 0 Å². The number of hydrogen-bond acceptors (Lipinski definition) is 4. The van der Waals surface area contributed by atoms with Crippen LogP contribution in [0.2, 0.25) is 0 Å². The van der Waals surface area contributed by atoms with Crippen LogP contribution in [-0.4, -0.2) is 32.5 Å². The van der Waals surface area contributed by atoms with Crippen molar-refractivity contribution >= 4 is 0 Å². The molecule has 0 bridgehead atoms. The van der Waals surface area contributed by atoms with Crippen molar-refractivity contribution in [2.24, 2.45) is 11.8 Å². The SMILES string of the molecule is CCOC1CC(CC(CCCOC)NN)C1. The lowest BCUT2D eigenvalue weighted by atomic mass is 9.77. The van der Waals surface area contributed by atoms with Crippen LogP contribution >= 0.6 is 0 Å². The first kappa shape index (κ1) is 13.9. The van der Waals surface area contributed by atoms with Crippen LogP contribution in [0.25, 0.3) is 0 Å². The fraction of sp³-hybridized carbons (Fsp3) is 1.00. The topological polar surface area (TPSA) is 56.5 Å². The number of hydrazine groups is 1. The Morgan fingerprint density at radius 1 is 1.44 bits per heavy atom. The van der Waals surface area contributed by atoms with E-state index in [0.29, 0.717) is 12.1 Å². The summed E-state index contributed by atoms with van der Waals surface area (Å²) >= 11 is 0. The van der Waals surface area contributed by atoms with Gasteiger partial charge in [-0.25, -0.2) is 0 Å². The lowest BCUT2D eigenvalue weighted by Crippen LogP contribution is -2.41. The minimum Gasteiger partial charge on any atom is -0.385 e. The zero-order chi connectivity index (χ0) is 11.8. The largest absolute Gasteiger partial charge is 0.385 e. The van der Waals surface area contributed by atoms with Crippen LogP contribution in [0.1, 0.15) is 39.0 Å². The minimum absolute atomic E-state index is 0.433. The molecule has 0 radical (unpaired) electrons. The first-order chi connectivity index (χ1) is 7.80. The van der Waals surface area contributed by atoms with Gasteiger partial charge in [-0.2, -0.15) is 0 Å². The highest BCUT2D eigenvalue weighted by atomic mass is 16.5. The summed E-state index contributed by atoms with van der Waals surface area (Å²) in [5, 5.41) is 0. The summed E-state index contributed by atoms with van der Waals surface area (Å²) < 4.78 is 10.6. The second-order valence-electron chi connectivity index (χ2n) is 4.65. The van der Waals surface area contributed by atoms with Crippen molar-refractivity contribution in [2.45, 2.75) is 51.2 Å². The molecule has 1 aliphatic rings. The first-order valence-corrected chi connectivity index (χ1v) is 6.36. The molecule has 4 heteroatoms. The van der Waals surface area contributed by atoms with E-state index in [0.717, 1.165) is 32.0 Å². The maximum absolute atomic E-state index is 5.55. The Morgan fingerprint density at radius 3 is 2.75 bits per heavy atom. The van der Waals surface area contributed by atoms with E-state index in [9.17, 15) is 0 Å². The van der Waals surface area contributed by atoms with Crippen molar-refractivity contribution in [2.75, 3.05) is 20.3 Å². The molecule has 16 heavy (non-hydrogen) atoms. The Balaban J connectivity index is 2.06. The summed E-state index contributed by atoms with van der Waals surface area (Å²) in [5.74, 6) is 6.35. The Labute approximate surface area is 98.8 Å². The van der Waals surface area contributed by atoms with Gasteiger partial charge in [0.05, 0.1) is 6.10 Å². The second kappa shape index (κ2) is 8.01.